The van der Waals surface area contributed by atoms with Gasteiger partial charge in [0.25, 0.3) is 0 Å². The highest BCUT2D eigenvalue weighted by Gasteiger charge is 2.34. The minimum Gasteiger partial charge on any atom is -0.493 e. The second kappa shape index (κ2) is 11.8. The van der Waals surface area contributed by atoms with Crippen molar-refractivity contribution in [2.24, 2.45) is 0 Å². The van der Waals surface area contributed by atoms with Gasteiger partial charge in [-0.2, -0.15) is 0 Å². The van der Waals surface area contributed by atoms with Crippen molar-refractivity contribution in [2.45, 2.75) is 45.6 Å². The lowest BCUT2D eigenvalue weighted by atomic mass is 9.84. The van der Waals surface area contributed by atoms with E-state index in [4.69, 9.17) is 24.7 Å². The summed E-state index contributed by atoms with van der Waals surface area (Å²) < 4.78 is 31.6. The molecule has 2 aromatic carbocycles. The van der Waals surface area contributed by atoms with Gasteiger partial charge in [-0.3, -0.25) is 15.0 Å². The Morgan fingerprint density at radius 2 is 1.87 bits per heavy atom. The fraction of sp³-hybridized carbons (Fsp3) is 0.464. The number of hydrogen-bond donors (Lipinski definition) is 2. The first kappa shape index (κ1) is 30.2. The average molecular weight is 609 g/mol. The van der Waals surface area contributed by atoms with Crippen LogP contribution in [-0.4, -0.2) is 68.1 Å². The van der Waals surface area contributed by atoms with Crippen LogP contribution in [0.15, 0.2) is 18.2 Å². The molecular formula is C28H35BrFN3O6. The van der Waals surface area contributed by atoms with Gasteiger partial charge < -0.3 is 29.1 Å². The quantitative estimate of drug-likeness (QED) is 0.391. The summed E-state index contributed by atoms with van der Waals surface area (Å²) in [5.41, 5.74) is 2.43. The molecule has 2 heterocycles. The van der Waals surface area contributed by atoms with Crippen molar-refractivity contribution >= 4 is 40.3 Å². The molecule has 2 N–H and O–H groups in total. The van der Waals surface area contributed by atoms with Crippen LogP contribution in [-0.2, 0) is 16.8 Å². The Balaban J connectivity index is 0.00000420. The van der Waals surface area contributed by atoms with Crippen molar-refractivity contribution in [3.8, 4) is 17.2 Å². The lowest BCUT2D eigenvalue weighted by Gasteiger charge is -2.35. The molecule has 0 spiro atoms. The number of carbonyl (C=O) groups excluding carboxylic acids is 1. The molecular weight excluding hydrogens is 573 g/mol. The van der Waals surface area contributed by atoms with Gasteiger partial charge in [-0.25, -0.2) is 4.39 Å². The molecule has 0 aliphatic carbocycles. The molecule has 11 heteroatoms. The number of amidine groups is 1. The van der Waals surface area contributed by atoms with Gasteiger partial charge in [0.1, 0.15) is 18.2 Å². The molecule has 0 aromatic heterocycles. The van der Waals surface area contributed by atoms with Crippen LogP contribution in [0.3, 0.4) is 0 Å². The predicted octanol–water partition coefficient (Wildman–Crippen LogP) is 4.81. The zero-order valence-corrected chi connectivity index (χ0v) is 24.6. The number of aliphatic carboxylic acids is 1. The summed E-state index contributed by atoms with van der Waals surface area (Å²) in [6.07, 6.45) is 0.528. The number of fused-ring (bicyclic) bond motifs is 2. The van der Waals surface area contributed by atoms with E-state index in [-0.39, 0.29) is 70.6 Å². The molecule has 4 rings (SSSR count). The molecule has 212 valence electrons. The molecule has 0 unspecified atom stereocenters. The monoisotopic (exact) mass is 607 g/mol. The Hall–Kier alpha value is -3.34. The van der Waals surface area contributed by atoms with E-state index in [0.717, 1.165) is 11.3 Å². The van der Waals surface area contributed by atoms with E-state index in [1.54, 1.807) is 12.1 Å². The standard InChI is InChI=1S/C28H34FN3O6.BrH/c1-28(2,3)18-11-16(12-19-25(18)38-10-9-31(19)8-6-7-22(34)35)20(33)15-32-14-17-13-21(36-4)26(37-5)24(29)23(17)27(32)30;/h11-13,30H,6-10,14-15H2,1-5H3,(H,34,35);1H. The highest BCUT2D eigenvalue weighted by molar-refractivity contribution is 8.93. The van der Waals surface area contributed by atoms with Crippen molar-refractivity contribution in [1.29, 1.82) is 5.41 Å². The van der Waals surface area contributed by atoms with Gasteiger partial charge in [0.05, 0.1) is 38.6 Å². The molecule has 2 aliphatic rings. The van der Waals surface area contributed by atoms with Gasteiger partial charge in [0.2, 0.25) is 0 Å². The highest BCUT2D eigenvalue weighted by atomic mass is 79.9. The number of carbonyl (C=O) groups is 2. The first-order valence-corrected chi connectivity index (χ1v) is 12.5. The third kappa shape index (κ3) is 5.98. The molecule has 39 heavy (non-hydrogen) atoms. The van der Waals surface area contributed by atoms with Crippen molar-refractivity contribution in [3.63, 3.8) is 0 Å². The van der Waals surface area contributed by atoms with E-state index < -0.39 is 11.8 Å². The first-order chi connectivity index (χ1) is 18.0. The summed E-state index contributed by atoms with van der Waals surface area (Å²) in [6.45, 7) is 7.79. The Labute approximate surface area is 238 Å². The lowest BCUT2D eigenvalue weighted by Crippen LogP contribution is -2.35. The number of rotatable bonds is 9. The number of carboxylic acid groups (broad SMARTS) is 1. The molecule has 0 saturated carbocycles. The lowest BCUT2D eigenvalue weighted by molar-refractivity contribution is -0.137. The van der Waals surface area contributed by atoms with Crippen LogP contribution in [0.1, 0.15) is 60.7 Å². The predicted molar refractivity (Wildman–Crippen MR) is 151 cm³/mol. The topological polar surface area (TPSA) is 112 Å². The minimum absolute atomic E-state index is 0. The van der Waals surface area contributed by atoms with Crippen LogP contribution in [0.5, 0.6) is 17.2 Å². The Bertz CT molecular complexity index is 1290. The van der Waals surface area contributed by atoms with Crippen molar-refractivity contribution in [3.05, 3.63) is 46.3 Å². The second-order valence-electron chi connectivity index (χ2n) is 10.5. The molecule has 0 atom stereocenters. The summed E-state index contributed by atoms with van der Waals surface area (Å²) in [5.74, 6) is -0.962. The van der Waals surface area contributed by atoms with Gasteiger partial charge in [-0.05, 0) is 35.6 Å². The average Bonchev–Trinajstić information content (AvgIpc) is 3.17. The summed E-state index contributed by atoms with van der Waals surface area (Å²) in [5, 5.41) is 17.6. The van der Waals surface area contributed by atoms with Gasteiger partial charge in [-0.1, -0.05) is 20.8 Å². The molecule has 9 nitrogen and oxygen atoms in total. The maximum absolute atomic E-state index is 15.2. The van der Waals surface area contributed by atoms with Gasteiger partial charge in [0, 0.05) is 30.6 Å². The van der Waals surface area contributed by atoms with Gasteiger partial charge in [0.15, 0.2) is 23.1 Å². The molecule has 2 aromatic rings. The third-order valence-corrected chi connectivity index (χ3v) is 6.91. The number of nitrogens with zero attached hydrogens (tertiary/aromatic N) is 2. The van der Waals surface area contributed by atoms with Crippen LogP contribution in [0.2, 0.25) is 0 Å². The number of nitrogens with one attached hydrogen (secondary N) is 1. The van der Waals surface area contributed by atoms with Crippen molar-refractivity contribution in [2.75, 3.05) is 45.4 Å². The number of halogens is 2. The Kier molecular flexibility index (Phi) is 9.15. The number of ketones is 1. The number of carboxylic acids is 1. The van der Waals surface area contributed by atoms with E-state index in [1.807, 2.05) is 26.8 Å². The SMILES string of the molecule is Br.COc1cc2c(c(F)c1OC)C(=N)N(CC(=O)c1cc3c(c(C(C)(C)C)c1)OCCN3CCCC(=O)O)C2. The molecule has 0 bridgehead atoms. The molecule has 0 saturated heterocycles. The van der Waals surface area contributed by atoms with Crippen LogP contribution >= 0.6 is 17.0 Å². The van der Waals surface area contributed by atoms with Crippen LogP contribution in [0.25, 0.3) is 0 Å². The number of hydrogen-bond acceptors (Lipinski definition) is 7. The maximum atomic E-state index is 15.2. The summed E-state index contributed by atoms with van der Waals surface area (Å²) in [4.78, 5) is 28.2. The third-order valence-electron chi connectivity index (χ3n) is 6.91. The first-order valence-electron chi connectivity index (χ1n) is 12.5. The number of benzene rings is 2. The number of ether oxygens (including phenoxy) is 3. The zero-order chi connectivity index (χ0) is 27.8. The van der Waals surface area contributed by atoms with Crippen LogP contribution in [0, 0.1) is 11.2 Å². The fourth-order valence-corrected chi connectivity index (χ4v) is 4.97. The van der Waals surface area contributed by atoms with E-state index in [2.05, 4.69) is 4.90 Å². The van der Waals surface area contributed by atoms with E-state index in [0.29, 0.717) is 43.0 Å². The Morgan fingerprint density at radius 1 is 1.15 bits per heavy atom. The van der Waals surface area contributed by atoms with Crippen LogP contribution in [0.4, 0.5) is 10.1 Å². The minimum atomic E-state index is -0.849. The largest absolute Gasteiger partial charge is 0.493 e. The van der Waals surface area contributed by atoms with E-state index in [1.165, 1.54) is 19.1 Å². The normalized spacial score (nSPS) is 14.3. The van der Waals surface area contributed by atoms with E-state index >= 15 is 4.39 Å². The Morgan fingerprint density at radius 3 is 2.49 bits per heavy atom. The maximum Gasteiger partial charge on any atom is 0.303 e. The summed E-state index contributed by atoms with van der Waals surface area (Å²) >= 11 is 0. The van der Waals surface area contributed by atoms with Gasteiger partial charge in [-0.15, -0.1) is 17.0 Å². The summed E-state index contributed by atoms with van der Waals surface area (Å²) in [6, 6.07) is 5.26. The fourth-order valence-electron chi connectivity index (χ4n) is 4.97. The smallest absolute Gasteiger partial charge is 0.303 e. The van der Waals surface area contributed by atoms with Gasteiger partial charge >= 0.3 is 5.97 Å². The highest BCUT2D eigenvalue weighted by Crippen LogP contribution is 2.43. The summed E-state index contributed by atoms with van der Waals surface area (Å²) in [7, 11) is 2.76. The van der Waals surface area contributed by atoms with E-state index in [9.17, 15) is 9.59 Å². The second-order valence-corrected chi connectivity index (χ2v) is 10.5. The molecule has 0 fully saturated rings. The van der Waals surface area contributed by atoms with Crippen molar-refractivity contribution < 1.29 is 33.3 Å². The van der Waals surface area contributed by atoms with Crippen molar-refractivity contribution in [1.82, 2.24) is 4.90 Å². The molecule has 0 amide bonds. The zero-order valence-electron chi connectivity index (χ0n) is 22.9. The molecule has 0 radical (unpaired) electrons. The molecule has 2 aliphatic heterocycles. The van der Waals surface area contributed by atoms with Crippen LogP contribution < -0.4 is 19.1 Å². The number of anilines is 1. The number of Topliss-reactive ketones (excluding diaryl/α,β-unsaturated/α-hetero) is 1. The number of methoxy groups -OCH3 is 2.